The van der Waals surface area contributed by atoms with Crippen LogP contribution < -0.4 is 25.5 Å². The van der Waals surface area contributed by atoms with Crippen molar-refractivity contribution in [2.24, 2.45) is 0 Å². The summed E-state index contributed by atoms with van der Waals surface area (Å²) in [6.45, 7) is 11.0. The number of halogens is 3. The second kappa shape index (κ2) is 14.1. The fraction of sp³-hybridized carbons (Fsp3) is 0.415. The molecule has 7 rings (SSSR count). The molecule has 9 nitrogen and oxygen atoms in total. The van der Waals surface area contributed by atoms with Gasteiger partial charge in [0, 0.05) is 79.5 Å². The highest BCUT2D eigenvalue weighted by Gasteiger charge is 2.59. The van der Waals surface area contributed by atoms with Crippen molar-refractivity contribution in [1.82, 2.24) is 10.2 Å². The summed E-state index contributed by atoms with van der Waals surface area (Å²) in [6.07, 6.45) is 0.412. The van der Waals surface area contributed by atoms with E-state index in [1.54, 1.807) is 0 Å². The molecule has 1 fully saturated rings. The van der Waals surface area contributed by atoms with E-state index < -0.39 is 54.7 Å². The first-order chi connectivity index (χ1) is 25.8. The van der Waals surface area contributed by atoms with Gasteiger partial charge in [-0.05, 0) is 86.6 Å². The van der Waals surface area contributed by atoms with E-state index in [1.807, 2.05) is 24.3 Å². The Morgan fingerprint density at radius 3 is 1.83 bits per heavy atom. The SMILES string of the molecule is CCN(CC)c1ccc2c(c1)[Si]1(CCCCC1)c1cc(N(CC)CC)ccc1C21OC(=O)c2cc(C(F)(F)F)c(C(=O)NCCN3C(=O)C=CC3=O)cc21. The number of fused-ring (bicyclic) bond motifs is 8. The maximum absolute atomic E-state index is 14.8. The van der Waals surface area contributed by atoms with Crippen molar-refractivity contribution in [3.8, 4) is 0 Å². The summed E-state index contributed by atoms with van der Waals surface area (Å²) < 4.78 is 50.8. The standard InChI is InChI=1S/C41H45F3N4O5Si/c1-5-46(6-2)26-12-14-30-34(22-26)54(20-10-9-11-21-54)35-23-27(47(7-3)8-4)13-15-31(35)40(30)32-24-28(33(41(42,43)44)25-29(32)39(52)53-40)38(51)45-18-19-48-36(49)16-17-37(48)50/h12-17,22-25H,5-11,18-21H2,1-4H3,(H,45,51). The van der Waals surface area contributed by atoms with Crippen molar-refractivity contribution in [2.45, 2.75) is 70.8 Å². The molecule has 3 amide bonds. The van der Waals surface area contributed by atoms with Gasteiger partial charge >= 0.3 is 12.1 Å². The molecular formula is C41H45F3N4O5Si. The van der Waals surface area contributed by atoms with E-state index in [2.05, 4.69) is 54.9 Å². The molecule has 0 atom stereocenters. The first kappa shape index (κ1) is 37.4. The molecule has 284 valence electrons. The number of carbonyl (C=O) groups is 4. The van der Waals surface area contributed by atoms with Crippen LogP contribution in [0.25, 0.3) is 0 Å². The minimum absolute atomic E-state index is 0.188. The van der Waals surface area contributed by atoms with Crippen LogP contribution in [-0.4, -0.2) is 75.9 Å². The maximum Gasteiger partial charge on any atom is 0.417 e. The lowest BCUT2D eigenvalue weighted by atomic mass is 9.77. The lowest BCUT2D eigenvalue weighted by Gasteiger charge is -2.48. The van der Waals surface area contributed by atoms with Gasteiger partial charge in [0.1, 0.15) is 8.07 Å². The van der Waals surface area contributed by atoms with Crippen molar-refractivity contribution < 1.29 is 37.1 Å². The van der Waals surface area contributed by atoms with Gasteiger partial charge in [-0.3, -0.25) is 19.3 Å². The second-order valence-electron chi connectivity index (χ2n) is 14.4. The van der Waals surface area contributed by atoms with Crippen LogP contribution in [0.5, 0.6) is 0 Å². The fourth-order valence-electron chi connectivity index (χ4n) is 9.18. The average molecular weight is 759 g/mol. The third kappa shape index (κ3) is 5.82. The number of carbonyl (C=O) groups excluding carboxylic acids is 4. The summed E-state index contributed by atoms with van der Waals surface area (Å²) in [5, 5.41) is 4.72. The van der Waals surface area contributed by atoms with Crippen molar-refractivity contribution >= 4 is 53.5 Å². The summed E-state index contributed by atoms with van der Waals surface area (Å²) in [4.78, 5) is 57.3. The van der Waals surface area contributed by atoms with Gasteiger partial charge in [-0.25, -0.2) is 4.79 Å². The van der Waals surface area contributed by atoms with Gasteiger partial charge in [-0.2, -0.15) is 13.2 Å². The van der Waals surface area contributed by atoms with Crippen molar-refractivity contribution in [2.75, 3.05) is 49.1 Å². The van der Waals surface area contributed by atoms with Gasteiger partial charge in [-0.1, -0.05) is 31.4 Å². The van der Waals surface area contributed by atoms with Crippen LogP contribution in [0, 0.1) is 0 Å². The lowest BCUT2D eigenvalue weighted by molar-refractivity contribution is -0.138. The molecule has 2 spiro atoms. The van der Waals surface area contributed by atoms with Crippen LogP contribution in [0.4, 0.5) is 24.5 Å². The topological polar surface area (TPSA) is 99.3 Å². The number of hydrogen-bond donors (Lipinski definition) is 1. The molecular weight excluding hydrogens is 714 g/mol. The number of alkyl halides is 3. The van der Waals surface area contributed by atoms with Crippen LogP contribution >= 0.6 is 0 Å². The minimum Gasteiger partial charge on any atom is -0.441 e. The van der Waals surface area contributed by atoms with E-state index in [-0.39, 0.29) is 24.2 Å². The summed E-state index contributed by atoms with van der Waals surface area (Å²) in [7, 11) is -2.54. The Morgan fingerprint density at radius 2 is 1.33 bits per heavy atom. The molecule has 0 aliphatic carbocycles. The minimum atomic E-state index is -4.98. The number of anilines is 2. The molecule has 4 heterocycles. The Bertz CT molecular complexity index is 1980. The van der Waals surface area contributed by atoms with E-state index in [9.17, 15) is 32.3 Å². The summed E-state index contributed by atoms with van der Waals surface area (Å²) in [6, 6.07) is 16.4. The number of hydrogen-bond acceptors (Lipinski definition) is 7. The zero-order chi connectivity index (χ0) is 38.6. The molecule has 0 aromatic heterocycles. The highest BCUT2D eigenvalue weighted by molar-refractivity contribution is 7.03. The number of rotatable bonds is 10. The number of nitrogens with one attached hydrogen (secondary N) is 1. The van der Waals surface area contributed by atoms with Gasteiger partial charge in [0.05, 0.1) is 16.7 Å². The molecule has 3 aromatic carbocycles. The number of ether oxygens (including phenoxy) is 1. The largest absolute Gasteiger partial charge is 0.441 e. The number of esters is 1. The normalized spacial score (nSPS) is 17.8. The third-order valence-corrected chi connectivity index (χ3v) is 17.1. The van der Waals surface area contributed by atoms with Crippen LogP contribution in [0.2, 0.25) is 12.1 Å². The fourth-order valence-corrected chi connectivity index (χ4v) is 14.9. The predicted octanol–water partition coefficient (Wildman–Crippen LogP) is 5.58. The molecule has 1 N–H and O–H groups in total. The Kier molecular flexibility index (Phi) is 9.74. The van der Waals surface area contributed by atoms with Crippen LogP contribution in [0.3, 0.4) is 0 Å². The van der Waals surface area contributed by atoms with Crippen molar-refractivity contribution in [3.63, 3.8) is 0 Å². The molecule has 4 aliphatic rings. The maximum atomic E-state index is 14.8. The smallest absolute Gasteiger partial charge is 0.417 e. The first-order valence-corrected chi connectivity index (χ1v) is 21.4. The summed E-state index contributed by atoms with van der Waals surface area (Å²) >= 11 is 0. The molecule has 0 bridgehead atoms. The predicted molar refractivity (Wildman–Crippen MR) is 203 cm³/mol. The van der Waals surface area contributed by atoms with Crippen LogP contribution in [0.1, 0.15) is 89.9 Å². The Hall–Kier alpha value is -4.91. The number of imide groups is 1. The summed E-state index contributed by atoms with van der Waals surface area (Å²) in [5.74, 6) is -3.07. The Labute approximate surface area is 314 Å². The van der Waals surface area contributed by atoms with Crippen molar-refractivity contribution in [1.29, 1.82) is 0 Å². The number of benzene rings is 3. The van der Waals surface area contributed by atoms with E-state index in [0.29, 0.717) is 0 Å². The third-order valence-electron chi connectivity index (χ3n) is 11.8. The molecule has 1 saturated heterocycles. The molecule has 13 heteroatoms. The Balaban J connectivity index is 1.46. The van der Waals surface area contributed by atoms with Crippen molar-refractivity contribution in [3.05, 3.63) is 94.1 Å². The van der Waals surface area contributed by atoms with Gasteiger partial charge in [0.25, 0.3) is 17.7 Å². The lowest BCUT2D eigenvalue weighted by Crippen LogP contribution is -2.67. The number of nitrogens with zero attached hydrogens (tertiary/aromatic N) is 3. The first-order valence-electron chi connectivity index (χ1n) is 18.9. The molecule has 54 heavy (non-hydrogen) atoms. The molecule has 4 aliphatic heterocycles. The zero-order valence-electron chi connectivity index (χ0n) is 31.1. The van der Waals surface area contributed by atoms with E-state index >= 15 is 0 Å². The second-order valence-corrected chi connectivity index (χ2v) is 18.6. The van der Waals surface area contributed by atoms with E-state index in [0.717, 1.165) is 114 Å². The summed E-state index contributed by atoms with van der Waals surface area (Å²) in [5.41, 5.74) is -0.0346. The van der Waals surface area contributed by atoms with Crippen LogP contribution in [-0.2, 0) is 26.1 Å². The van der Waals surface area contributed by atoms with E-state index in [4.69, 9.17) is 4.74 Å². The van der Waals surface area contributed by atoms with Gasteiger partial charge in [0.2, 0.25) is 0 Å². The Morgan fingerprint density at radius 1 is 0.796 bits per heavy atom. The van der Waals surface area contributed by atoms with Crippen LogP contribution in [0.15, 0.2) is 60.7 Å². The molecule has 0 radical (unpaired) electrons. The quantitative estimate of drug-likeness (QED) is 0.164. The molecule has 0 unspecified atom stereocenters. The highest BCUT2D eigenvalue weighted by Crippen LogP contribution is 2.52. The zero-order valence-corrected chi connectivity index (χ0v) is 32.1. The van der Waals surface area contributed by atoms with Gasteiger partial charge < -0.3 is 19.9 Å². The molecule has 3 aromatic rings. The van der Waals surface area contributed by atoms with Gasteiger partial charge in [0.15, 0.2) is 5.60 Å². The monoisotopic (exact) mass is 758 g/mol. The highest BCUT2D eigenvalue weighted by atomic mass is 28.3. The van der Waals surface area contributed by atoms with Gasteiger partial charge in [-0.15, -0.1) is 0 Å². The average Bonchev–Trinajstić information content (AvgIpc) is 3.65. The van der Waals surface area contributed by atoms with E-state index in [1.165, 1.54) is 6.07 Å². The molecule has 0 saturated carbocycles. The number of amides is 3.